The van der Waals surface area contributed by atoms with Gasteiger partial charge in [-0.15, -0.1) is 0 Å². The Morgan fingerprint density at radius 1 is 1.07 bits per heavy atom. The first-order chi connectivity index (χ1) is 14.1. The van der Waals surface area contributed by atoms with Gasteiger partial charge in [0.15, 0.2) is 0 Å². The van der Waals surface area contributed by atoms with Crippen molar-refractivity contribution in [1.82, 2.24) is 20.4 Å². The molecule has 2 N–H and O–H groups in total. The first kappa shape index (κ1) is 24.6. The number of carbonyl (C=O) groups is 3. The molecule has 0 spiro atoms. The van der Waals surface area contributed by atoms with Crippen LogP contribution >= 0.6 is 0 Å². The maximum atomic E-state index is 13.5. The first-order valence-electron chi connectivity index (χ1n) is 11.7. The fraction of sp³-hybridized carbons (Fsp3) is 0.870. The Morgan fingerprint density at radius 2 is 1.70 bits per heavy atom. The number of likely N-dealkylation sites (tertiary alicyclic amines) is 1. The van der Waals surface area contributed by atoms with E-state index >= 15 is 0 Å². The van der Waals surface area contributed by atoms with E-state index in [-0.39, 0.29) is 35.8 Å². The van der Waals surface area contributed by atoms with Crippen LogP contribution in [-0.2, 0) is 14.4 Å². The van der Waals surface area contributed by atoms with Crippen LogP contribution in [0.4, 0.5) is 0 Å². The van der Waals surface area contributed by atoms with E-state index in [0.717, 1.165) is 25.8 Å². The number of hydrogen-bond donors (Lipinski definition) is 2. The fourth-order valence-corrected chi connectivity index (χ4v) is 4.80. The second-order valence-electron chi connectivity index (χ2n) is 9.97. The number of nitrogens with zero attached hydrogens (tertiary/aromatic N) is 2. The molecule has 2 fully saturated rings. The van der Waals surface area contributed by atoms with Crippen molar-refractivity contribution in [3.05, 3.63) is 0 Å². The monoisotopic (exact) mass is 422 g/mol. The molecule has 0 aliphatic carbocycles. The minimum atomic E-state index is -0.376. The summed E-state index contributed by atoms with van der Waals surface area (Å²) >= 11 is 0. The highest BCUT2D eigenvalue weighted by molar-refractivity contribution is 5.90. The van der Waals surface area contributed by atoms with E-state index in [9.17, 15) is 14.4 Å². The van der Waals surface area contributed by atoms with Crippen molar-refractivity contribution in [3.63, 3.8) is 0 Å². The van der Waals surface area contributed by atoms with Crippen LogP contribution in [0.1, 0.15) is 67.2 Å². The number of nitrogens with one attached hydrogen (secondary N) is 2. The van der Waals surface area contributed by atoms with Gasteiger partial charge in [0.1, 0.15) is 6.04 Å². The van der Waals surface area contributed by atoms with Gasteiger partial charge in [-0.3, -0.25) is 14.4 Å². The summed E-state index contributed by atoms with van der Waals surface area (Å²) in [6, 6.07) is -0.443. The summed E-state index contributed by atoms with van der Waals surface area (Å²) in [5.74, 6) is 1.30. The van der Waals surface area contributed by atoms with E-state index in [1.807, 2.05) is 16.7 Å². The van der Waals surface area contributed by atoms with E-state index in [1.54, 1.807) is 6.92 Å². The fourth-order valence-electron chi connectivity index (χ4n) is 4.80. The van der Waals surface area contributed by atoms with E-state index < -0.39 is 0 Å². The summed E-state index contributed by atoms with van der Waals surface area (Å²) in [7, 11) is 0. The molecule has 0 radical (unpaired) electrons. The minimum Gasteiger partial charge on any atom is -0.354 e. The number of hydrogen-bond acceptors (Lipinski definition) is 4. The van der Waals surface area contributed by atoms with Crippen LogP contribution in [0.25, 0.3) is 0 Å². The molecule has 7 nitrogen and oxygen atoms in total. The maximum Gasteiger partial charge on any atom is 0.245 e. The Balaban J connectivity index is 2.05. The molecule has 3 atom stereocenters. The molecule has 0 saturated carbocycles. The molecule has 3 amide bonds. The van der Waals surface area contributed by atoms with Crippen LogP contribution in [-0.4, -0.2) is 71.8 Å². The lowest BCUT2D eigenvalue weighted by molar-refractivity contribution is -0.150. The number of piperazine rings is 1. The van der Waals surface area contributed by atoms with Gasteiger partial charge >= 0.3 is 0 Å². The van der Waals surface area contributed by atoms with Gasteiger partial charge < -0.3 is 20.4 Å². The molecule has 2 aliphatic rings. The van der Waals surface area contributed by atoms with Crippen molar-refractivity contribution < 1.29 is 14.4 Å². The standard InChI is InChI=1S/C23H42N4O3/c1-15(2)13-20-22(29)27(12-9-24-20)21(14-16(3)4)23(30)26-10-7-19(8-11-26)17(5)25-18(6)28/h15-17,19-21,24H,7-14H2,1-6H3,(H,25,28)/t17?,20-,21?/m0/s1. The molecule has 0 aromatic heterocycles. The highest BCUT2D eigenvalue weighted by Crippen LogP contribution is 2.25. The molecule has 172 valence electrons. The van der Waals surface area contributed by atoms with E-state index in [2.05, 4.69) is 38.3 Å². The molecular weight excluding hydrogens is 380 g/mol. The van der Waals surface area contributed by atoms with Crippen molar-refractivity contribution in [2.24, 2.45) is 17.8 Å². The zero-order valence-electron chi connectivity index (χ0n) is 19.7. The molecule has 0 bridgehead atoms. The summed E-state index contributed by atoms with van der Waals surface area (Å²) in [4.78, 5) is 41.8. The van der Waals surface area contributed by atoms with Crippen LogP contribution < -0.4 is 10.6 Å². The van der Waals surface area contributed by atoms with E-state index in [1.165, 1.54) is 0 Å². The molecule has 0 aromatic carbocycles. The molecule has 2 aliphatic heterocycles. The third kappa shape index (κ3) is 6.69. The van der Waals surface area contributed by atoms with Gasteiger partial charge in [-0.2, -0.15) is 0 Å². The van der Waals surface area contributed by atoms with Crippen LogP contribution in [0.5, 0.6) is 0 Å². The predicted molar refractivity (Wildman–Crippen MR) is 119 cm³/mol. The zero-order valence-corrected chi connectivity index (χ0v) is 19.7. The number of carbonyl (C=O) groups excluding carboxylic acids is 3. The van der Waals surface area contributed by atoms with Gasteiger partial charge in [0, 0.05) is 39.1 Å². The molecule has 2 rings (SSSR count). The van der Waals surface area contributed by atoms with E-state index in [0.29, 0.717) is 43.8 Å². The Labute approximate surface area is 182 Å². The molecule has 30 heavy (non-hydrogen) atoms. The lowest BCUT2D eigenvalue weighted by atomic mass is 9.89. The van der Waals surface area contributed by atoms with Crippen LogP contribution in [0.15, 0.2) is 0 Å². The van der Waals surface area contributed by atoms with Crippen molar-refractivity contribution in [2.75, 3.05) is 26.2 Å². The SMILES string of the molecule is CC(=O)NC(C)C1CCN(C(=O)C(CC(C)C)N2CCN[C@@H](CC(C)C)C2=O)CC1. The average molecular weight is 423 g/mol. The number of rotatable bonds is 8. The quantitative estimate of drug-likeness (QED) is 0.627. The van der Waals surface area contributed by atoms with Gasteiger partial charge in [0.05, 0.1) is 6.04 Å². The summed E-state index contributed by atoms with van der Waals surface area (Å²) in [6.07, 6.45) is 3.26. The minimum absolute atomic E-state index is 0.00817. The second-order valence-corrected chi connectivity index (χ2v) is 9.97. The third-order valence-electron chi connectivity index (χ3n) is 6.38. The topological polar surface area (TPSA) is 81.8 Å². The van der Waals surface area contributed by atoms with Gasteiger partial charge in [-0.1, -0.05) is 27.7 Å². The van der Waals surface area contributed by atoms with Gasteiger partial charge in [0.25, 0.3) is 0 Å². The van der Waals surface area contributed by atoms with Gasteiger partial charge in [-0.05, 0) is 50.4 Å². The average Bonchev–Trinajstić information content (AvgIpc) is 2.66. The molecule has 0 aromatic rings. The first-order valence-corrected chi connectivity index (χ1v) is 11.7. The lowest BCUT2D eigenvalue weighted by Crippen LogP contribution is -2.62. The van der Waals surface area contributed by atoms with Crippen LogP contribution in [0, 0.1) is 17.8 Å². The Bertz CT molecular complexity index is 599. The van der Waals surface area contributed by atoms with Crippen molar-refractivity contribution >= 4 is 17.7 Å². The molecular formula is C23H42N4O3. The summed E-state index contributed by atoms with van der Waals surface area (Å²) in [6.45, 7) is 14.8. The van der Waals surface area contributed by atoms with Crippen molar-refractivity contribution in [2.45, 2.75) is 85.4 Å². The second kappa shape index (κ2) is 11.1. The van der Waals surface area contributed by atoms with Gasteiger partial charge in [-0.25, -0.2) is 0 Å². The lowest BCUT2D eigenvalue weighted by Gasteiger charge is -2.42. The Morgan fingerprint density at radius 3 is 2.23 bits per heavy atom. The highest BCUT2D eigenvalue weighted by atomic mass is 16.2. The molecule has 7 heteroatoms. The summed E-state index contributed by atoms with van der Waals surface area (Å²) < 4.78 is 0. The smallest absolute Gasteiger partial charge is 0.245 e. The number of amides is 3. The summed E-state index contributed by atoms with van der Waals surface area (Å²) in [5.41, 5.74) is 0. The molecule has 2 saturated heterocycles. The van der Waals surface area contributed by atoms with Crippen molar-refractivity contribution in [1.29, 1.82) is 0 Å². The Hall–Kier alpha value is -1.63. The normalized spacial score (nSPS) is 23.1. The van der Waals surface area contributed by atoms with E-state index in [4.69, 9.17) is 0 Å². The highest BCUT2D eigenvalue weighted by Gasteiger charge is 2.39. The third-order valence-corrected chi connectivity index (χ3v) is 6.38. The van der Waals surface area contributed by atoms with Crippen LogP contribution in [0.2, 0.25) is 0 Å². The van der Waals surface area contributed by atoms with Gasteiger partial charge in [0.2, 0.25) is 17.7 Å². The van der Waals surface area contributed by atoms with Crippen molar-refractivity contribution in [3.8, 4) is 0 Å². The zero-order chi connectivity index (χ0) is 22.4. The molecule has 2 unspecified atom stereocenters. The number of piperidine rings is 1. The Kier molecular flexibility index (Phi) is 9.13. The maximum absolute atomic E-state index is 13.5. The molecule has 2 heterocycles. The van der Waals surface area contributed by atoms with Crippen LogP contribution in [0.3, 0.4) is 0 Å². The predicted octanol–water partition coefficient (Wildman–Crippen LogP) is 2.01. The largest absolute Gasteiger partial charge is 0.354 e. The summed E-state index contributed by atoms with van der Waals surface area (Å²) in [5, 5.41) is 6.32.